The minimum absolute atomic E-state index is 0.106. The number of carbonyl (C=O) groups is 3. The van der Waals surface area contributed by atoms with Crippen LogP contribution in [0, 0.1) is 11.6 Å². The van der Waals surface area contributed by atoms with Crippen LogP contribution in [-0.4, -0.2) is 23.8 Å². The molecule has 148 valence electrons. The Morgan fingerprint density at radius 1 is 0.893 bits per heavy atom. The molecule has 5 nitrogen and oxygen atoms in total. The topological polar surface area (TPSA) is 72.5 Å². The Morgan fingerprint density at radius 2 is 1.43 bits per heavy atom. The first-order chi connectivity index (χ1) is 13.3. The van der Waals surface area contributed by atoms with Gasteiger partial charge in [0.05, 0.1) is 12.5 Å². The maximum Gasteiger partial charge on any atom is 0.307 e. The fourth-order valence-electron chi connectivity index (χ4n) is 2.47. The number of Topliss-reactive ketones (excluding diaryl/α,β-unsaturated/α-hetero) is 1. The quantitative estimate of drug-likeness (QED) is 0.552. The number of ketones is 1. The van der Waals surface area contributed by atoms with Crippen LogP contribution in [0.25, 0.3) is 0 Å². The molecule has 1 N–H and O–H groups in total. The van der Waals surface area contributed by atoms with Crippen LogP contribution in [0.3, 0.4) is 0 Å². The first-order valence-corrected chi connectivity index (χ1v) is 8.80. The molecule has 2 unspecified atom stereocenters. The Bertz CT molecular complexity index is 834. The number of amides is 1. The van der Waals surface area contributed by atoms with Crippen molar-refractivity contribution in [1.82, 2.24) is 5.32 Å². The lowest BCUT2D eigenvalue weighted by Crippen LogP contribution is -2.37. The maximum atomic E-state index is 13.0. The zero-order valence-electron chi connectivity index (χ0n) is 15.6. The number of halogens is 2. The van der Waals surface area contributed by atoms with E-state index in [1.54, 1.807) is 19.1 Å². The predicted molar refractivity (Wildman–Crippen MR) is 98.5 cm³/mol. The Morgan fingerprint density at radius 3 is 2.00 bits per heavy atom. The lowest BCUT2D eigenvalue weighted by Gasteiger charge is -2.18. The zero-order chi connectivity index (χ0) is 20.7. The van der Waals surface area contributed by atoms with Crippen LogP contribution < -0.4 is 5.32 Å². The van der Waals surface area contributed by atoms with Crippen LogP contribution in [0.2, 0.25) is 0 Å². The second-order valence-corrected chi connectivity index (χ2v) is 6.34. The van der Waals surface area contributed by atoms with E-state index < -0.39 is 29.8 Å². The fourth-order valence-corrected chi connectivity index (χ4v) is 2.47. The van der Waals surface area contributed by atoms with Crippen molar-refractivity contribution >= 4 is 17.7 Å². The molecule has 0 spiro atoms. The third kappa shape index (κ3) is 6.26. The molecule has 0 radical (unpaired) electrons. The van der Waals surface area contributed by atoms with Crippen molar-refractivity contribution in [2.75, 3.05) is 0 Å². The first kappa shape index (κ1) is 21.2. The van der Waals surface area contributed by atoms with Crippen LogP contribution in [0.1, 0.15) is 48.7 Å². The van der Waals surface area contributed by atoms with E-state index in [2.05, 4.69) is 5.32 Å². The largest absolute Gasteiger partial charge is 0.453 e. The van der Waals surface area contributed by atoms with Crippen LogP contribution in [0.5, 0.6) is 0 Å². The summed E-state index contributed by atoms with van der Waals surface area (Å²) in [4.78, 5) is 36.0. The number of ether oxygens (including phenoxy) is 1. The van der Waals surface area contributed by atoms with Gasteiger partial charge in [-0.2, -0.15) is 0 Å². The monoisotopic (exact) mass is 389 g/mol. The Balaban J connectivity index is 1.79. The molecule has 0 aliphatic rings. The van der Waals surface area contributed by atoms with Gasteiger partial charge in [0.2, 0.25) is 0 Å². The zero-order valence-corrected chi connectivity index (χ0v) is 15.6. The molecule has 0 aromatic heterocycles. The van der Waals surface area contributed by atoms with Crippen LogP contribution in [-0.2, 0) is 14.3 Å². The predicted octanol–water partition coefficient (Wildman–Crippen LogP) is 3.74. The van der Waals surface area contributed by atoms with Gasteiger partial charge in [-0.1, -0.05) is 12.1 Å². The minimum atomic E-state index is -1.05. The summed E-state index contributed by atoms with van der Waals surface area (Å²) in [5.74, 6) is -2.34. The third-order valence-electron chi connectivity index (χ3n) is 4.13. The maximum absolute atomic E-state index is 13.0. The van der Waals surface area contributed by atoms with Gasteiger partial charge in [-0.25, -0.2) is 8.78 Å². The summed E-state index contributed by atoms with van der Waals surface area (Å²) < 4.78 is 30.9. The molecule has 28 heavy (non-hydrogen) atoms. The average molecular weight is 389 g/mol. The summed E-state index contributed by atoms with van der Waals surface area (Å²) in [5.41, 5.74) is 1.01. The van der Waals surface area contributed by atoms with Gasteiger partial charge >= 0.3 is 5.97 Å². The normalized spacial score (nSPS) is 12.7. The van der Waals surface area contributed by atoms with Gasteiger partial charge < -0.3 is 10.1 Å². The molecule has 2 atom stereocenters. The number of hydrogen-bond donors (Lipinski definition) is 1. The average Bonchev–Trinajstić information content (AvgIpc) is 2.67. The molecular formula is C21H21F2NO4. The second-order valence-electron chi connectivity index (χ2n) is 6.34. The van der Waals surface area contributed by atoms with Crippen LogP contribution in [0.15, 0.2) is 48.5 Å². The van der Waals surface area contributed by atoms with Crippen molar-refractivity contribution in [3.05, 3.63) is 71.3 Å². The summed E-state index contributed by atoms with van der Waals surface area (Å²) in [6.07, 6.45) is -1.34. The Labute approximate surface area is 161 Å². The van der Waals surface area contributed by atoms with Crippen molar-refractivity contribution in [3.8, 4) is 0 Å². The summed E-state index contributed by atoms with van der Waals surface area (Å²) in [6, 6.07) is 10.3. The minimum Gasteiger partial charge on any atom is -0.453 e. The summed E-state index contributed by atoms with van der Waals surface area (Å²) in [6.45, 7) is 3.15. The molecule has 0 saturated carbocycles. The molecule has 7 heteroatoms. The number of esters is 1. The van der Waals surface area contributed by atoms with E-state index in [1.807, 2.05) is 0 Å². The van der Waals surface area contributed by atoms with Gasteiger partial charge in [-0.05, 0) is 55.8 Å². The molecular weight excluding hydrogens is 368 g/mol. The summed E-state index contributed by atoms with van der Waals surface area (Å²) >= 11 is 0. The van der Waals surface area contributed by atoms with Crippen LogP contribution >= 0.6 is 0 Å². The highest BCUT2D eigenvalue weighted by molar-refractivity contribution is 5.97. The van der Waals surface area contributed by atoms with Crippen molar-refractivity contribution in [3.63, 3.8) is 0 Å². The highest BCUT2D eigenvalue weighted by Crippen LogP contribution is 2.13. The van der Waals surface area contributed by atoms with Crippen molar-refractivity contribution < 1.29 is 27.9 Å². The van der Waals surface area contributed by atoms with Gasteiger partial charge in [-0.15, -0.1) is 0 Å². The molecule has 0 saturated heterocycles. The highest BCUT2D eigenvalue weighted by atomic mass is 19.1. The van der Waals surface area contributed by atoms with E-state index in [0.29, 0.717) is 11.1 Å². The lowest BCUT2D eigenvalue weighted by molar-refractivity contribution is -0.155. The standard InChI is InChI=1S/C21H21F2NO4/c1-13(15-3-7-17(22)8-4-15)24-21(27)14(2)28-20(26)12-11-19(25)16-5-9-18(23)10-6-16/h3-10,13-14H,11-12H2,1-2H3,(H,24,27). The van der Waals surface area contributed by atoms with E-state index in [-0.39, 0.29) is 24.4 Å². The first-order valence-electron chi connectivity index (χ1n) is 8.80. The number of carbonyl (C=O) groups excluding carboxylic acids is 3. The van der Waals surface area contributed by atoms with Gasteiger partial charge in [0.25, 0.3) is 5.91 Å². The molecule has 0 fully saturated rings. The van der Waals surface area contributed by atoms with E-state index >= 15 is 0 Å². The van der Waals surface area contributed by atoms with E-state index in [9.17, 15) is 23.2 Å². The van der Waals surface area contributed by atoms with Crippen molar-refractivity contribution in [2.24, 2.45) is 0 Å². The van der Waals surface area contributed by atoms with Crippen molar-refractivity contribution in [1.29, 1.82) is 0 Å². The second kappa shape index (κ2) is 9.73. The molecule has 0 aliphatic carbocycles. The molecule has 0 heterocycles. The fraction of sp³-hybridized carbons (Fsp3) is 0.286. The molecule has 0 bridgehead atoms. The molecule has 0 aliphatic heterocycles. The van der Waals surface area contributed by atoms with Gasteiger partial charge in [0.15, 0.2) is 11.9 Å². The summed E-state index contributed by atoms with van der Waals surface area (Å²) in [7, 11) is 0. The number of benzene rings is 2. The molecule has 2 rings (SSSR count). The molecule has 2 aromatic carbocycles. The molecule has 1 amide bonds. The number of rotatable bonds is 8. The number of hydrogen-bond acceptors (Lipinski definition) is 4. The molecule has 2 aromatic rings. The van der Waals surface area contributed by atoms with Gasteiger partial charge in [-0.3, -0.25) is 14.4 Å². The smallest absolute Gasteiger partial charge is 0.307 e. The van der Waals surface area contributed by atoms with Gasteiger partial charge in [0.1, 0.15) is 11.6 Å². The SMILES string of the molecule is CC(OC(=O)CCC(=O)c1ccc(F)cc1)C(=O)NC(C)c1ccc(F)cc1. The van der Waals surface area contributed by atoms with E-state index in [1.165, 1.54) is 43.3 Å². The van der Waals surface area contributed by atoms with Crippen molar-refractivity contribution in [2.45, 2.75) is 38.8 Å². The lowest BCUT2D eigenvalue weighted by atomic mass is 10.1. The van der Waals surface area contributed by atoms with Gasteiger partial charge in [0, 0.05) is 12.0 Å². The number of nitrogens with one attached hydrogen (secondary N) is 1. The van der Waals surface area contributed by atoms with Crippen LogP contribution in [0.4, 0.5) is 8.78 Å². The Kier molecular flexibility index (Phi) is 7.37. The Hall–Kier alpha value is -3.09. The van der Waals surface area contributed by atoms with E-state index in [4.69, 9.17) is 4.74 Å². The van der Waals surface area contributed by atoms with E-state index in [0.717, 1.165) is 0 Å². The summed E-state index contributed by atoms with van der Waals surface area (Å²) in [5, 5.41) is 2.68. The highest BCUT2D eigenvalue weighted by Gasteiger charge is 2.20. The third-order valence-corrected chi connectivity index (χ3v) is 4.13.